The first-order valence-corrected chi connectivity index (χ1v) is 5.42. The molecule has 1 atom stereocenters. The van der Waals surface area contributed by atoms with Gasteiger partial charge >= 0.3 is 5.97 Å². The van der Waals surface area contributed by atoms with Gasteiger partial charge in [0.1, 0.15) is 5.78 Å². The summed E-state index contributed by atoms with van der Waals surface area (Å²) in [7, 11) is 1.41. The Morgan fingerprint density at radius 2 is 1.87 bits per heavy atom. The van der Waals surface area contributed by atoms with Crippen molar-refractivity contribution in [2.24, 2.45) is 11.3 Å². The van der Waals surface area contributed by atoms with Gasteiger partial charge in [-0.05, 0) is 32.6 Å². The summed E-state index contributed by atoms with van der Waals surface area (Å²) < 4.78 is 4.81. The van der Waals surface area contributed by atoms with Gasteiger partial charge in [0.05, 0.1) is 12.5 Å². The number of ketones is 1. The van der Waals surface area contributed by atoms with Crippen LogP contribution in [0, 0.1) is 11.3 Å². The van der Waals surface area contributed by atoms with Crippen molar-refractivity contribution in [1.82, 2.24) is 0 Å². The zero-order valence-corrected chi connectivity index (χ0v) is 10.4. The van der Waals surface area contributed by atoms with Crippen molar-refractivity contribution in [3.63, 3.8) is 0 Å². The number of ether oxygens (including phenoxy) is 1. The number of rotatable bonds is 6. The summed E-state index contributed by atoms with van der Waals surface area (Å²) in [5.74, 6) is 0.212. The minimum Gasteiger partial charge on any atom is -0.469 e. The van der Waals surface area contributed by atoms with Crippen molar-refractivity contribution < 1.29 is 14.3 Å². The number of methoxy groups -OCH3 is 1. The molecule has 0 aromatic heterocycles. The third kappa shape index (κ3) is 4.02. The molecule has 0 aliphatic rings. The van der Waals surface area contributed by atoms with Crippen molar-refractivity contribution in [2.75, 3.05) is 7.11 Å². The fourth-order valence-electron chi connectivity index (χ4n) is 1.56. The molecule has 3 heteroatoms. The van der Waals surface area contributed by atoms with E-state index in [4.69, 9.17) is 4.74 Å². The molecule has 0 saturated carbocycles. The molecule has 0 unspecified atom stereocenters. The van der Waals surface area contributed by atoms with E-state index in [2.05, 4.69) is 0 Å². The predicted octanol–water partition coefficient (Wildman–Crippen LogP) is 2.58. The highest BCUT2D eigenvalue weighted by atomic mass is 16.5. The van der Waals surface area contributed by atoms with Crippen LogP contribution in [0.3, 0.4) is 0 Å². The third-order valence-corrected chi connectivity index (χ3v) is 3.15. The Balaban J connectivity index is 4.39. The number of hydrogen-bond acceptors (Lipinski definition) is 3. The van der Waals surface area contributed by atoms with Crippen LogP contribution in [0.2, 0.25) is 0 Å². The van der Waals surface area contributed by atoms with Gasteiger partial charge in [0, 0.05) is 6.42 Å². The average molecular weight is 214 g/mol. The second-order valence-electron chi connectivity index (χ2n) is 4.62. The molecule has 0 aliphatic heterocycles. The fraction of sp³-hybridized carbons (Fsp3) is 0.833. The van der Waals surface area contributed by atoms with Gasteiger partial charge in [-0.25, -0.2) is 0 Å². The van der Waals surface area contributed by atoms with Crippen LogP contribution in [0.25, 0.3) is 0 Å². The van der Waals surface area contributed by atoms with E-state index in [0.717, 1.165) is 6.42 Å². The van der Waals surface area contributed by atoms with Crippen molar-refractivity contribution >= 4 is 11.8 Å². The van der Waals surface area contributed by atoms with Gasteiger partial charge in [-0.3, -0.25) is 4.79 Å². The first-order chi connectivity index (χ1) is 6.84. The number of Topliss-reactive ketones (excluding diaryl/α,β-unsaturated/α-hetero) is 1. The maximum absolute atomic E-state index is 11.6. The van der Waals surface area contributed by atoms with Crippen molar-refractivity contribution in [3.05, 3.63) is 0 Å². The molecule has 0 N–H and O–H groups in total. The van der Waals surface area contributed by atoms with E-state index in [1.54, 1.807) is 6.92 Å². The normalized spacial score (nSPS) is 14.8. The Morgan fingerprint density at radius 3 is 2.20 bits per heavy atom. The van der Waals surface area contributed by atoms with Crippen molar-refractivity contribution in [2.45, 2.75) is 47.0 Å². The quantitative estimate of drug-likeness (QED) is 0.638. The molecule has 0 spiro atoms. The molecule has 0 amide bonds. The zero-order chi connectivity index (χ0) is 12.1. The minimum atomic E-state index is -0.468. The molecule has 0 aliphatic carbocycles. The van der Waals surface area contributed by atoms with E-state index in [1.165, 1.54) is 7.11 Å². The summed E-state index contributed by atoms with van der Waals surface area (Å²) in [6.07, 6.45) is 2.00. The van der Waals surface area contributed by atoms with Crippen LogP contribution >= 0.6 is 0 Å². The van der Waals surface area contributed by atoms with Crippen LogP contribution in [0.1, 0.15) is 47.0 Å². The van der Waals surface area contributed by atoms with Gasteiger partial charge in [0.25, 0.3) is 0 Å². The lowest BCUT2D eigenvalue weighted by atomic mass is 9.75. The molecule has 0 bridgehead atoms. The SMILES string of the molecule is COC(=O)[C@@](C)(CCCC(C)=O)C(C)C. The largest absolute Gasteiger partial charge is 0.469 e. The highest BCUT2D eigenvalue weighted by Crippen LogP contribution is 2.34. The molecule has 0 fully saturated rings. The smallest absolute Gasteiger partial charge is 0.311 e. The van der Waals surface area contributed by atoms with E-state index in [-0.39, 0.29) is 17.7 Å². The van der Waals surface area contributed by atoms with E-state index >= 15 is 0 Å². The zero-order valence-electron chi connectivity index (χ0n) is 10.4. The molecule has 0 saturated heterocycles. The molecule has 3 nitrogen and oxygen atoms in total. The molecule has 88 valence electrons. The van der Waals surface area contributed by atoms with Gasteiger partial charge in [0.2, 0.25) is 0 Å². The van der Waals surface area contributed by atoms with Gasteiger partial charge in [-0.1, -0.05) is 13.8 Å². The van der Waals surface area contributed by atoms with Crippen LogP contribution in [-0.4, -0.2) is 18.9 Å². The lowest BCUT2D eigenvalue weighted by molar-refractivity contribution is -0.155. The Kier molecular flexibility index (Phi) is 5.55. The van der Waals surface area contributed by atoms with E-state index in [1.807, 2.05) is 20.8 Å². The molecular weight excluding hydrogens is 192 g/mol. The Labute approximate surface area is 92.2 Å². The monoisotopic (exact) mass is 214 g/mol. The summed E-state index contributed by atoms with van der Waals surface area (Å²) in [5, 5.41) is 0. The summed E-state index contributed by atoms with van der Waals surface area (Å²) in [4.78, 5) is 22.5. The van der Waals surface area contributed by atoms with E-state index < -0.39 is 5.41 Å². The lowest BCUT2D eigenvalue weighted by Crippen LogP contribution is -2.34. The first kappa shape index (κ1) is 14.1. The molecule has 0 aromatic carbocycles. The third-order valence-electron chi connectivity index (χ3n) is 3.15. The fourth-order valence-corrected chi connectivity index (χ4v) is 1.56. The maximum atomic E-state index is 11.6. The molecule has 0 radical (unpaired) electrons. The van der Waals surface area contributed by atoms with Crippen molar-refractivity contribution in [1.29, 1.82) is 0 Å². The van der Waals surface area contributed by atoms with Crippen molar-refractivity contribution in [3.8, 4) is 0 Å². The van der Waals surface area contributed by atoms with Gasteiger partial charge in [0.15, 0.2) is 0 Å². The molecule has 0 rings (SSSR count). The van der Waals surface area contributed by atoms with Crippen LogP contribution in [0.4, 0.5) is 0 Å². The lowest BCUT2D eigenvalue weighted by Gasteiger charge is -2.30. The van der Waals surface area contributed by atoms with E-state index in [9.17, 15) is 9.59 Å². The Bertz CT molecular complexity index is 233. The Morgan fingerprint density at radius 1 is 1.33 bits per heavy atom. The highest BCUT2D eigenvalue weighted by Gasteiger charge is 2.36. The summed E-state index contributed by atoms with van der Waals surface area (Å²) in [6, 6.07) is 0. The number of carbonyl (C=O) groups is 2. The van der Waals surface area contributed by atoms with E-state index in [0.29, 0.717) is 12.8 Å². The second-order valence-corrected chi connectivity index (χ2v) is 4.62. The number of esters is 1. The summed E-state index contributed by atoms with van der Waals surface area (Å²) in [5.41, 5.74) is -0.468. The number of hydrogen-bond donors (Lipinski definition) is 0. The first-order valence-electron chi connectivity index (χ1n) is 5.42. The molecule has 0 heterocycles. The Hall–Kier alpha value is -0.860. The topological polar surface area (TPSA) is 43.4 Å². The molecule has 0 aromatic rings. The maximum Gasteiger partial charge on any atom is 0.311 e. The standard InChI is InChI=1S/C12H22O3/c1-9(2)12(4,11(14)15-5)8-6-7-10(3)13/h9H,6-8H2,1-5H3/t12-/m0/s1. The van der Waals surface area contributed by atoms with Crippen LogP contribution in [0.15, 0.2) is 0 Å². The van der Waals surface area contributed by atoms with Gasteiger partial charge in [-0.2, -0.15) is 0 Å². The highest BCUT2D eigenvalue weighted by molar-refractivity contribution is 5.77. The molecular formula is C12H22O3. The average Bonchev–Trinajstić information content (AvgIpc) is 2.15. The van der Waals surface area contributed by atoms with Crippen LogP contribution < -0.4 is 0 Å². The second kappa shape index (κ2) is 5.89. The van der Waals surface area contributed by atoms with Crippen LogP contribution in [-0.2, 0) is 14.3 Å². The van der Waals surface area contributed by atoms with Gasteiger partial charge in [-0.15, -0.1) is 0 Å². The molecule has 15 heavy (non-hydrogen) atoms. The predicted molar refractivity (Wildman–Crippen MR) is 59.5 cm³/mol. The van der Waals surface area contributed by atoms with Crippen LogP contribution in [0.5, 0.6) is 0 Å². The minimum absolute atomic E-state index is 0.172. The summed E-state index contributed by atoms with van der Waals surface area (Å²) >= 11 is 0. The summed E-state index contributed by atoms with van der Waals surface area (Å²) in [6.45, 7) is 7.49. The van der Waals surface area contributed by atoms with Gasteiger partial charge < -0.3 is 9.53 Å². The number of carbonyl (C=O) groups excluding carboxylic acids is 2.